The number of carbonyl (C=O) groups is 1. The molecule has 3 rings (SSSR count). The fraction of sp³-hybridized carbons (Fsp3) is 0.0588. The third-order valence-corrected chi connectivity index (χ3v) is 3.64. The lowest BCUT2D eigenvalue weighted by Crippen LogP contribution is -2.08. The molecule has 5 heteroatoms. The highest BCUT2D eigenvalue weighted by molar-refractivity contribution is 9.10. The minimum Gasteiger partial charge on any atom is -0.437 e. The normalized spacial score (nSPS) is 11.2. The zero-order chi connectivity index (χ0) is 15.5. The second-order valence-corrected chi connectivity index (χ2v) is 5.72. The molecule has 0 bridgehead atoms. The molecule has 1 heterocycles. The van der Waals surface area contributed by atoms with Gasteiger partial charge in [0.05, 0.1) is 0 Å². The van der Waals surface area contributed by atoms with Crippen LogP contribution in [0.3, 0.4) is 0 Å². The summed E-state index contributed by atoms with van der Waals surface area (Å²) < 4.78 is 6.44. The highest BCUT2D eigenvalue weighted by atomic mass is 79.9. The first kappa shape index (κ1) is 14.5. The van der Waals surface area contributed by atoms with Crippen molar-refractivity contribution in [1.29, 1.82) is 0 Å². The van der Waals surface area contributed by atoms with E-state index in [1.807, 2.05) is 49.4 Å². The lowest BCUT2D eigenvalue weighted by Gasteiger charge is -2.06. The van der Waals surface area contributed by atoms with Gasteiger partial charge in [-0.15, -0.1) is 0 Å². The maximum atomic E-state index is 12.0. The SMILES string of the molecule is Cc1ccc(Br)cc1NC(=O)C=Cc1nc2ccccc2o1. The van der Waals surface area contributed by atoms with Gasteiger partial charge in [-0.2, -0.15) is 0 Å². The van der Waals surface area contributed by atoms with E-state index in [0.717, 1.165) is 21.2 Å². The average molecular weight is 357 g/mol. The predicted octanol–water partition coefficient (Wildman–Crippen LogP) is 4.55. The summed E-state index contributed by atoms with van der Waals surface area (Å²) in [7, 11) is 0. The summed E-state index contributed by atoms with van der Waals surface area (Å²) in [6, 6.07) is 13.2. The van der Waals surface area contributed by atoms with E-state index >= 15 is 0 Å². The first-order valence-electron chi connectivity index (χ1n) is 6.72. The van der Waals surface area contributed by atoms with Gasteiger partial charge in [0.15, 0.2) is 5.58 Å². The molecule has 22 heavy (non-hydrogen) atoms. The smallest absolute Gasteiger partial charge is 0.248 e. The van der Waals surface area contributed by atoms with Crippen LogP contribution in [0.15, 0.2) is 57.4 Å². The van der Waals surface area contributed by atoms with Gasteiger partial charge in [-0.25, -0.2) is 4.98 Å². The molecular weight excluding hydrogens is 344 g/mol. The van der Waals surface area contributed by atoms with Gasteiger partial charge in [0.25, 0.3) is 0 Å². The number of oxazole rings is 1. The van der Waals surface area contributed by atoms with Crippen LogP contribution in [0.25, 0.3) is 17.2 Å². The first-order valence-corrected chi connectivity index (χ1v) is 7.52. The molecule has 0 aliphatic heterocycles. The van der Waals surface area contributed by atoms with E-state index < -0.39 is 0 Å². The van der Waals surface area contributed by atoms with Gasteiger partial charge >= 0.3 is 0 Å². The largest absolute Gasteiger partial charge is 0.437 e. The second-order valence-electron chi connectivity index (χ2n) is 4.80. The predicted molar refractivity (Wildman–Crippen MR) is 90.6 cm³/mol. The number of anilines is 1. The van der Waals surface area contributed by atoms with Crippen molar-refractivity contribution in [1.82, 2.24) is 4.98 Å². The van der Waals surface area contributed by atoms with Crippen LogP contribution in [-0.2, 0) is 4.79 Å². The van der Waals surface area contributed by atoms with Crippen LogP contribution in [0, 0.1) is 6.92 Å². The van der Waals surface area contributed by atoms with Crippen LogP contribution in [0.2, 0.25) is 0 Å². The van der Waals surface area contributed by atoms with Crippen molar-refractivity contribution < 1.29 is 9.21 Å². The summed E-state index contributed by atoms with van der Waals surface area (Å²) in [6.07, 6.45) is 2.97. The third kappa shape index (κ3) is 3.26. The Hall–Kier alpha value is -2.40. The number of benzene rings is 2. The number of hydrogen-bond donors (Lipinski definition) is 1. The highest BCUT2D eigenvalue weighted by Gasteiger charge is 2.04. The Balaban J connectivity index is 1.74. The number of carbonyl (C=O) groups excluding carboxylic acids is 1. The number of fused-ring (bicyclic) bond motifs is 1. The van der Waals surface area contributed by atoms with E-state index in [0.29, 0.717) is 11.5 Å². The van der Waals surface area contributed by atoms with Crippen molar-refractivity contribution in [3.05, 3.63) is 64.5 Å². The molecule has 1 aromatic heterocycles. The van der Waals surface area contributed by atoms with Gasteiger partial charge in [-0.3, -0.25) is 4.79 Å². The molecule has 0 aliphatic carbocycles. The third-order valence-electron chi connectivity index (χ3n) is 3.15. The van der Waals surface area contributed by atoms with Gasteiger partial charge in [-0.05, 0) is 36.8 Å². The lowest BCUT2D eigenvalue weighted by atomic mass is 10.2. The topological polar surface area (TPSA) is 55.1 Å². The van der Waals surface area contributed by atoms with E-state index in [-0.39, 0.29) is 5.91 Å². The average Bonchev–Trinajstić information content (AvgIpc) is 2.92. The second kappa shape index (κ2) is 6.15. The quantitative estimate of drug-likeness (QED) is 0.700. The van der Waals surface area contributed by atoms with Crippen LogP contribution in [0.4, 0.5) is 5.69 Å². The monoisotopic (exact) mass is 356 g/mol. The van der Waals surface area contributed by atoms with Crippen LogP contribution in [0.1, 0.15) is 11.5 Å². The number of halogens is 1. The number of nitrogens with zero attached hydrogens (tertiary/aromatic N) is 1. The molecule has 0 unspecified atom stereocenters. The number of para-hydroxylation sites is 2. The molecule has 3 aromatic rings. The molecule has 4 nitrogen and oxygen atoms in total. The van der Waals surface area contributed by atoms with Gasteiger partial charge in [0, 0.05) is 22.3 Å². The molecule has 0 saturated carbocycles. The molecule has 0 fully saturated rings. The molecular formula is C17H13BrN2O2. The molecule has 110 valence electrons. The first-order chi connectivity index (χ1) is 10.6. The zero-order valence-electron chi connectivity index (χ0n) is 11.8. The van der Waals surface area contributed by atoms with Crippen LogP contribution in [-0.4, -0.2) is 10.9 Å². The number of hydrogen-bond acceptors (Lipinski definition) is 3. The van der Waals surface area contributed by atoms with Crippen molar-refractivity contribution in [2.24, 2.45) is 0 Å². The lowest BCUT2D eigenvalue weighted by molar-refractivity contribution is -0.111. The van der Waals surface area contributed by atoms with Crippen molar-refractivity contribution in [3.8, 4) is 0 Å². The number of amides is 1. The molecule has 0 saturated heterocycles. The van der Waals surface area contributed by atoms with E-state index in [1.165, 1.54) is 6.08 Å². The maximum absolute atomic E-state index is 12.0. The van der Waals surface area contributed by atoms with E-state index in [1.54, 1.807) is 6.08 Å². The fourth-order valence-electron chi connectivity index (χ4n) is 2.01. The summed E-state index contributed by atoms with van der Waals surface area (Å²) in [5, 5.41) is 2.83. The minimum atomic E-state index is -0.233. The molecule has 1 N–H and O–H groups in total. The standard InChI is InChI=1S/C17H13BrN2O2/c1-11-6-7-12(18)10-14(11)19-16(21)8-9-17-20-13-4-2-3-5-15(13)22-17/h2-10H,1H3,(H,19,21). The Labute approximate surface area is 136 Å². The molecule has 1 amide bonds. The van der Waals surface area contributed by atoms with Gasteiger partial charge in [-0.1, -0.05) is 34.1 Å². The number of nitrogens with one attached hydrogen (secondary N) is 1. The van der Waals surface area contributed by atoms with Crippen molar-refractivity contribution in [2.45, 2.75) is 6.92 Å². The molecule has 0 atom stereocenters. The van der Waals surface area contributed by atoms with Gasteiger partial charge in [0.1, 0.15) is 5.52 Å². The van der Waals surface area contributed by atoms with Crippen LogP contribution >= 0.6 is 15.9 Å². The number of aromatic nitrogens is 1. The van der Waals surface area contributed by atoms with Crippen molar-refractivity contribution >= 4 is 44.7 Å². The Bertz CT molecular complexity index is 835. The molecule has 0 aliphatic rings. The minimum absolute atomic E-state index is 0.233. The highest BCUT2D eigenvalue weighted by Crippen LogP contribution is 2.21. The fourth-order valence-corrected chi connectivity index (χ4v) is 2.37. The Morgan fingerprint density at radius 2 is 2.09 bits per heavy atom. The van der Waals surface area contributed by atoms with Crippen molar-refractivity contribution in [2.75, 3.05) is 5.32 Å². The van der Waals surface area contributed by atoms with E-state index in [9.17, 15) is 4.79 Å². The zero-order valence-corrected chi connectivity index (χ0v) is 13.4. The summed E-state index contributed by atoms with van der Waals surface area (Å²) in [4.78, 5) is 16.3. The maximum Gasteiger partial charge on any atom is 0.248 e. The summed E-state index contributed by atoms with van der Waals surface area (Å²) in [6.45, 7) is 1.94. The summed E-state index contributed by atoms with van der Waals surface area (Å²) in [5.74, 6) is 0.172. The van der Waals surface area contributed by atoms with Crippen molar-refractivity contribution in [3.63, 3.8) is 0 Å². The van der Waals surface area contributed by atoms with Crippen LogP contribution < -0.4 is 5.32 Å². The van der Waals surface area contributed by atoms with E-state index in [2.05, 4.69) is 26.2 Å². The van der Waals surface area contributed by atoms with Gasteiger partial charge < -0.3 is 9.73 Å². The summed E-state index contributed by atoms with van der Waals surface area (Å²) in [5.41, 5.74) is 3.23. The molecule has 2 aromatic carbocycles. The van der Waals surface area contributed by atoms with Crippen LogP contribution in [0.5, 0.6) is 0 Å². The Morgan fingerprint density at radius 3 is 2.91 bits per heavy atom. The molecule has 0 spiro atoms. The van der Waals surface area contributed by atoms with Gasteiger partial charge in [0.2, 0.25) is 11.8 Å². The number of aryl methyl sites for hydroxylation is 1. The molecule has 0 radical (unpaired) electrons. The summed E-state index contributed by atoms with van der Waals surface area (Å²) >= 11 is 3.39. The number of rotatable bonds is 3. The Morgan fingerprint density at radius 1 is 1.27 bits per heavy atom. The Kier molecular flexibility index (Phi) is 4.06. The van der Waals surface area contributed by atoms with E-state index in [4.69, 9.17) is 4.42 Å².